The molecular formula is C24H36N2O2. The Morgan fingerprint density at radius 2 is 1.29 bits per heavy atom. The largest absolute Gasteiger partial charge is 0.493 e. The van der Waals surface area contributed by atoms with Gasteiger partial charge in [0.15, 0.2) is 11.5 Å². The maximum Gasteiger partial charge on any atom is 0.162 e. The van der Waals surface area contributed by atoms with Crippen LogP contribution in [0.3, 0.4) is 0 Å². The summed E-state index contributed by atoms with van der Waals surface area (Å²) in [5, 5.41) is 4.41. The Kier molecular flexibility index (Phi) is 12.9. The van der Waals surface area contributed by atoms with Crippen LogP contribution in [0.5, 0.6) is 11.5 Å². The first-order valence-electron chi connectivity index (χ1n) is 10.1. The van der Waals surface area contributed by atoms with Crippen molar-refractivity contribution in [3.63, 3.8) is 0 Å². The summed E-state index contributed by atoms with van der Waals surface area (Å²) in [5.41, 5.74) is 4.11. The van der Waals surface area contributed by atoms with E-state index in [-0.39, 0.29) is 0 Å². The number of anilines is 2. The lowest BCUT2D eigenvalue weighted by Crippen LogP contribution is -1.95. The predicted octanol–water partition coefficient (Wildman–Crippen LogP) is 7.38. The first kappa shape index (κ1) is 25.2. The van der Waals surface area contributed by atoms with Gasteiger partial charge in [-0.1, -0.05) is 59.2 Å². The number of methoxy groups -OCH3 is 2. The average Bonchev–Trinajstić information content (AvgIpc) is 2.78. The van der Waals surface area contributed by atoms with E-state index >= 15 is 0 Å². The van der Waals surface area contributed by atoms with Crippen molar-refractivity contribution in [1.82, 2.24) is 4.98 Å². The van der Waals surface area contributed by atoms with Crippen LogP contribution in [0.2, 0.25) is 0 Å². The minimum Gasteiger partial charge on any atom is -0.493 e. The first-order valence-corrected chi connectivity index (χ1v) is 10.1. The molecule has 3 rings (SSSR count). The van der Waals surface area contributed by atoms with Crippen LogP contribution >= 0.6 is 0 Å². The van der Waals surface area contributed by atoms with Crippen LogP contribution in [0.25, 0.3) is 10.9 Å². The summed E-state index contributed by atoms with van der Waals surface area (Å²) >= 11 is 0. The minimum atomic E-state index is 0.676. The number of ether oxygens (including phenoxy) is 2. The highest BCUT2D eigenvalue weighted by molar-refractivity contribution is 5.95. The van der Waals surface area contributed by atoms with Crippen molar-refractivity contribution in [3.05, 3.63) is 54.2 Å². The van der Waals surface area contributed by atoms with Gasteiger partial charge in [0, 0.05) is 29.0 Å². The number of aryl methyl sites for hydroxylation is 1. The fourth-order valence-corrected chi connectivity index (χ4v) is 2.37. The molecule has 28 heavy (non-hydrogen) atoms. The SMILES string of the molecule is CC.CC.CC.COc1cc2nccc(Nc3ccc(C)cc3)c2cc1OC. The molecule has 0 saturated carbocycles. The summed E-state index contributed by atoms with van der Waals surface area (Å²) < 4.78 is 10.7. The van der Waals surface area contributed by atoms with Gasteiger partial charge < -0.3 is 14.8 Å². The second-order valence-corrected chi connectivity index (χ2v) is 5.07. The van der Waals surface area contributed by atoms with Gasteiger partial charge in [-0.2, -0.15) is 0 Å². The molecule has 0 unspecified atom stereocenters. The van der Waals surface area contributed by atoms with Gasteiger partial charge in [0.2, 0.25) is 0 Å². The Labute approximate surface area is 170 Å². The van der Waals surface area contributed by atoms with Gasteiger partial charge in [-0.15, -0.1) is 0 Å². The third-order valence-corrected chi connectivity index (χ3v) is 3.58. The summed E-state index contributed by atoms with van der Waals surface area (Å²) in [5.74, 6) is 1.37. The summed E-state index contributed by atoms with van der Waals surface area (Å²) in [6, 6.07) is 14.1. The van der Waals surface area contributed by atoms with Gasteiger partial charge in [-0.05, 0) is 31.2 Å². The highest BCUT2D eigenvalue weighted by atomic mass is 16.5. The van der Waals surface area contributed by atoms with Gasteiger partial charge >= 0.3 is 0 Å². The molecule has 4 heteroatoms. The molecule has 0 aliphatic rings. The molecule has 0 bridgehead atoms. The maximum atomic E-state index is 5.38. The lowest BCUT2D eigenvalue weighted by atomic mass is 10.1. The Hall–Kier alpha value is -2.75. The zero-order valence-corrected chi connectivity index (χ0v) is 18.9. The first-order chi connectivity index (χ1) is 13.7. The summed E-state index contributed by atoms with van der Waals surface area (Å²) in [7, 11) is 3.26. The van der Waals surface area contributed by atoms with E-state index in [0.717, 1.165) is 22.3 Å². The average molecular weight is 385 g/mol. The Balaban J connectivity index is 0.00000111. The number of hydrogen-bond acceptors (Lipinski definition) is 4. The fourth-order valence-electron chi connectivity index (χ4n) is 2.37. The van der Waals surface area contributed by atoms with E-state index < -0.39 is 0 Å². The molecule has 4 nitrogen and oxygen atoms in total. The Morgan fingerprint density at radius 1 is 0.750 bits per heavy atom. The van der Waals surface area contributed by atoms with Crippen molar-refractivity contribution in [3.8, 4) is 11.5 Å². The van der Waals surface area contributed by atoms with Crippen molar-refractivity contribution in [2.24, 2.45) is 0 Å². The zero-order chi connectivity index (χ0) is 21.5. The van der Waals surface area contributed by atoms with Gasteiger partial charge in [0.1, 0.15) is 0 Å². The van der Waals surface area contributed by atoms with E-state index in [1.165, 1.54) is 5.56 Å². The summed E-state index contributed by atoms with van der Waals surface area (Å²) in [4.78, 5) is 4.41. The highest BCUT2D eigenvalue weighted by Gasteiger charge is 2.10. The lowest BCUT2D eigenvalue weighted by molar-refractivity contribution is 0.356. The lowest BCUT2D eigenvalue weighted by Gasteiger charge is -2.13. The van der Waals surface area contributed by atoms with Crippen molar-refractivity contribution in [1.29, 1.82) is 0 Å². The molecule has 3 aromatic rings. The number of rotatable bonds is 4. The number of fused-ring (bicyclic) bond motifs is 1. The van der Waals surface area contributed by atoms with Gasteiger partial charge in [-0.3, -0.25) is 4.98 Å². The van der Waals surface area contributed by atoms with E-state index in [1.807, 2.05) is 59.7 Å². The number of benzene rings is 2. The quantitative estimate of drug-likeness (QED) is 0.509. The van der Waals surface area contributed by atoms with Crippen LogP contribution in [0.15, 0.2) is 48.7 Å². The molecule has 2 aromatic carbocycles. The number of pyridine rings is 1. The Bertz CT molecular complexity index is 800. The van der Waals surface area contributed by atoms with E-state index in [1.54, 1.807) is 20.4 Å². The molecule has 0 aliphatic carbocycles. The number of nitrogens with one attached hydrogen (secondary N) is 1. The predicted molar refractivity (Wildman–Crippen MR) is 123 cm³/mol. The summed E-state index contributed by atoms with van der Waals surface area (Å²) in [6.07, 6.45) is 1.78. The fraction of sp³-hybridized carbons (Fsp3) is 0.375. The topological polar surface area (TPSA) is 43.4 Å². The van der Waals surface area contributed by atoms with E-state index in [9.17, 15) is 0 Å². The molecule has 0 atom stereocenters. The number of aromatic nitrogens is 1. The van der Waals surface area contributed by atoms with Crippen LogP contribution in [-0.2, 0) is 0 Å². The molecule has 0 aliphatic heterocycles. The third-order valence-electron chi connectivity index (χ3n) is 3.58. The Morgan fingerprint density at radius 3 is 1.82 bits per heavy atom. The molecule has 0 spiro atoms. The molecule has 154 valence electrons. The van der Waals surface area contributed by atoms with Crippen LogP contribution in [0.4, 0.5) is 11.4 Å². The molecule has 0 amide bonds. The monoisotopic (exact) mass is 384 g/mol. The molecule has 1 N–H and O–H groups in total. The summed E-state index contributed by atoms with van der Waals surface area (Å²) in [6.45, 7) is 14.1. The van der Waals surface area contributed by atoms with Crippen LogP contribution in [-0.4, -0.2) is 19.2 Å². The molecule has 1 heterocycles. The zero-order valence-electron chi connectivity index (χ0n) is 18.9. The third kappa shape index (κ3) is 6.76. The van der Waals surface area contributed by atoms with E-state index in [0.29, 0.717) is 11.5 Å². The molecular weight excluding hydrogens is 348 g/mol. The van der Waals surface area contributed by atoms with Crippen LogP contribution < -0.4 is 14.8 Å². The van der Waals surface area contributed by atoms with Crippen molar-refractivity contribution < 1.29 is 9.47 Å². The number of nitrogens with zero attached hydrogens (tertiary/aromatic N) is 1. The van der Waals surface area contributed by atoms with Crippen molar-refractivity contribution >= 4 is 22.3 Å². The van der Waals surface area contributed by atoms with Crippen LogP contribution in [0.1, 0.15) is 47.1 Å². The highest BCUT2D eigenvalue weighted by Crippen LogP contribution is 2.35. The molecule has 1 aromatic heterocycles. The van der Waals surface area contributed by atoms with Crippen molar-refractivity contribution in [2.45, 2.75) is 48.5 Å². The molecule has 0 fully saturated rings. The second-order valence-electron chi connectivity index (χ2n) is 5.07. The van der Waals surface area contributed by atoms with Crippen molar-refractivity contribution in [2.75, 3.05) is 19.5 Å². The van der Waals surface area contributed by atoms with E-state index in [2.05, 4.69) is 41.5 Å². The molecule has 0 radical (unpaired) electrons. The van der Waals surface area contributed by atoms with Gasteiger partial charge in [0.25, 0.3) is 0 Å². The minimum absolute atomic E-state index is 0.676. The van der Waals surface area contributed by atoms with Crippen LogP contribution in [0, 0.1) is 6.92 Å². The van der Waals surface area contributed by atoms with Gasteiger partial charge in [0.05, 0.1) is 19.7 Å². The second kappa shape index (κ2) is 14.3. The maximum absolute atomic E-state index is 5.38. The standard InChI is InChI=1S/C18H18N2O2.3C2H6/c1-12-4-6-13(7-5-12)20-15-8-9-19-16-11-18(22-3)17(21-2)10-14(15)16;3*1-2/h4-11H,1-3H3,(H,19,20);3*1-2H3. The normalized spacial score (nSPS) is 8.89. The van der Waals surface area contributed by atoms with E-state index in [4.69, 9.17) is 9.47 Å². The van der Waals surface area contributed by atoms with Gasteiger partial charge in [-0.25, -0.2) is 0 Å². The number of hydrogen-bond donors (Lipinski definition) is 1. The molecule has 0 saturated heterocycles. The smallest absolute Gasteiger partial charge is 0.162 e.